The molecule has 2 nitrogen and oxygen atoms in total. The van der Waals surface area contributed by atoms with Crippen molar-refractivity contribution in [3.8, 4) is 5.75 Å². The molecule has 0 spiro atoms. The van der Waals surface area contributed by atoms with Crippen LogP contribution in [0.25, 0.3) is 0 Å². The predicted octanol–water partition coefficient (Wildman–Crippen LogP) is 4.18. The summed E-state index contributed by atoms with van der Waals surface area (Å²) >= 11 is 9.38. The second kappa shape index (κ2) is 6.23. The number of rotatable bonds is 4. The third kappa shape index (κ3) is 3.48. The number of ether oxygens (including phenoxy) is 1. The number of benzene rings is 2. The van der Waals surface area contributed by atoms with Gasteiger partial charge in [0.25, 0.3) is 0 Å². The molecule has 2 rings (SSSR count). The second-order valence-electron chi connectivity index (χ2n) is 3.85. The Labute approximate surface area is 120 Å². The van der Waals surface area contributed by atoms with Crippen LogP contribution in [0.1, 0.15) is 11.7 Å². The summed E-state index contributed by atoms with van der Waals surface area (Å²) in [5, 5.41) is 0.684. The van der Waals surface area contributed by atoms with Gasteiger partial charge in [0.15, 0.2) is 0 Å². The average molecular weight is 327 g/mol. The fourth-order valence-corrected chi connectivity index (χ4v) is 2.24. The first kappa shape index (κ1) is 13.4. The Hall–Kier alpha value is -1.03. The summed E-state index contributed by atoms with van der Waals surface area (Å²) in [6.07, 6.45) is -0.196. The van der Waals surface area contributed by atoms with Gasteiger partial charge >= 0.3 is 0 Å². The van der Waals surface area contributed by atoms with Crippen LogP contribution < -0.4 is 10.5 Å². The van der Waals surface area contributed by atoms with Gasteiger partial charge < -0.3 is 10.5 Å². The number of halogens is 2. The zero-order valence-corrected chi connectivity index (χ0v) is 12.0. The normalized spacial score (nSPS) is 12.2. The summed E-state index contributed by atoms with van der Waals surface area (Å²) < 4.78 is 6.85. The Kier molecular flexibility index (Phi) is 4.64. The SMILES string of the molecule is NCC(Oc1cccc(Br)c1)c1cccc(Cl)c1. The molecular weight excluding hydrogens is 314 g/mol. The molecule has 4 heteroatoms. The highest BCUT2D eigenvalue weighted by Crippen LogP contribution is 2.25. The zero-order chi connectivity index (χ0) is 13.0. The fourth-order valence-electron chi connectivity index (χ4n) is 1.66. The minimum Gasteiger partial charge on any atom is -0.484 e. The Bertz CT molecular complexity index is 533. The molecule has 0 radical (unpaired) electrons. The third-order valence-electron chi connectivity index (χ3n) is 2.51. The Morgan fingerprint density at radius 2 is 1.94 bits per heavy atom. The summed E-state index contributed by atoms with van der Waals surface area (Å²) in [6, 6.07) is 15.2. The lowest BCUT2D eigenvalue weighted by molar-refractivity contribution is 0.214. The highest BCUT2D eigenvalue weighted by Gasteiger charge is 2.11. The molecule has 0 saturated carbocycles. The zero-order valence-electron chi connectivity index (χ0n) is 9.64. The lowest BCUT2D eigenvalue weighted by atomic mass is 10.1. The molecule has 0 aliphatic rings. The Morgan fingerprint density at radius 3 is 2.61 bits per heavy atom. The van der Waals surface area contributed by atoms with Crippen LogP contribution >= 0.6 is 27.5 Å². The fraction of sp³-hybridized carbons (Fsp3) is 0.143. The Balaban J connectivity index is 2.19. The van der Waals surface area contributed by atoms with Crippen LogP contribution in [0.15, 0.2) is 53.0 Å². The molecule has 1 unspecified atom stereocenters. The van der Waals surface area contributed by atoms with E-state index in [1.807, 2.05) is 48.5 Å². The quantitative estimate of drug-likeness (QED) is 0.914. The van der Waals surface area contributed by atoms with Crippen LogP contribution in [-0.2, 0) is 0 Å². The highest BCUT2D eigenvalue weighted by molar-refractivity contribution is 9.10. The second-order valence-corrected chi connectivity index (χ2v) is 5.21. The monoisotopic (exact) mass is 325 g/mol. The minimum absolute atomic E-state index is 0.196. The molecule has 0 saturated heterocycles. The predicted molar refractivity (Wildman–Crippen MR) is 78.0 cm³/mol. The van der Waals surface area contributed by atoms with Crippen LogP contribution in [-0.4, -0.2) is 6.54 Å². The molecule has 2 N–H and O–H groups in total. The molecule has 0 fully saturated rings. The first-order valence-corrected chi connectivity index (χ1v) is 6.74. The number of hydrogen-bond acceptors (Lipinski definition) is 2. The smallest absolute Gasteiger partial charge is 0.136 e. The molecule has 0 aliphatic carbocycles. The summed E-state index contributed by atoms with van der Waals surface area (Å²) in [6.45, 7) is 0.396. The van der Waals surface area contributed by atoms with Gasteiger partial charge in [0.05, 0.1) is 0 Å². The van der Waals surface area contributed by atoms with E-state index >= 15 is 0 Å². The van der Waals surface area contributed by atoms with Crippen LogP contribution in [0, 0.1) is 0 Å². The third-order valence-corrected chi connectivity index (χ3v) is 3.24. The molecular formula is C14H13BrClNO. The standard InChI is InChI=1S/C14H13BrClNO/c15-11-4-2-6-13(8-11)18-14(9-17)10-3-1-5-12(16)7-10/h1-8,14H,9,17H2. The lowest BCUT2D eigenvalue weighted by Crippen LogP contribution is -2.18. The molecule has 0 heterocycles. The van der Waals surface area contributed by atoms with E-state index in [1.54, 1.807) is 0 Å². The molecule has 2 aromatic rings. The van der Waals surface area contributed by atoms with Gasteiger partial charge in [0.1, 0.15) is 11.9 Å². The van der Waals surface area contributed by atoms with Gasteiger partial charge in [0, 0.05) is 16.0 Å². The van der Waals surface area contributed by atoms with Gasteiger partial charge in [-0.2, -0.15) is 0 Å². The van der Waals surface area contributed by atoms with Crippen LogP contribution in [0.3, 0.4) is 0 Å². The van der Waals surface area contributed by atoms with Crippen LogP contribution in [0.5, 0.6) is 5.75 Å². The van der Waals surface area contributed by atoms with Crippen molar-refractivity contribution < 1.29 is 4.74 Å². The molecule has 1 atom stereocenters. The largest absolute Gasteiger partial charge is 0.484 e. The van der Waals surface area contributed by atoms with Crippen molar-refractivity contribution in [3.63, 3.8) is 0 Å². The maximum Gasteiger partial charge on any atom is 0.136 e. The average Bonchev–Trinajstić information content (AvgIpc) is 2.36. The summed E-state index contributed by atoms with van der Waals surface area (Å²) in [5.74, 6) is 0.778. The summed E-state index contributed by atoms with van der Waals surface area (Å²) in [5.41, 5.74) is 6.74. The van der Waals surface area contributed by atoms with Gasteiger partial charge in [-0.25, -0.2) is 0 Å². The number of hydrogen-bond donors (Lipinski definition) is 1. The first-order valence-electron chi connectivity index (χ1n) is 5.57. The molecule has 94 valence electrons. The maximum atomic E-state index is 5.97. The Morgan fingerprint density at radius 1 is 1.17 bits per heavy atom. The molecule has 0 aromatic heterocycles. The topological polar surface area (TPSA) is 35.2 Å². The summed E-state index contributed by atoms with van der Waals surface area (Å²) in [4.78, 5) is 0. The summed E-state index contributed by atoms with van der Waals surface area (Å²) in [7, 11) is 0. The van der Waals surface area contributed by atoms with E-state index in [2.05, 4.69) is 15.9 Å². The van der Waals surface area contributed by atoms with E-state index in [9.17, 15) is 0 Å². The van der Waals surface area contributed by atoms with E-state index in [1.165, 1.54) is 0 Å². The van der Waals surface area contributed by atoms with Crippen molar-refractivity contribution in [3.05, 3.63) is 63.6 Å². The van der Waals surface area contributed by atoms with Crippen LogP contribution in [0.4, 0.5) is 0 Å². The van der Waals surface area contributed by atoms with Crippen molar-refractivity contribution in [1.29, 1.82) is 0 Å². The van der Waals surface area contributed by atoms with Gasteiger partial charge in [-0.3, -0.25) is 0 Å². The van der Waals surface area contributed by atoms with E-state index in [4.69, 9.17) is 22.1 Å². The van der Waals surface area contributed by atoms with E-state index < -0.39 is 0 Å². The molecule has 18 heavy (non-hydrogen) atoms. The van der Waals surface area contributed by atoms with Crippen molar-refractivity contribution >= 4 is 27.5 Å². The van der Waals surface area contributed by atoms with Crippen molar-refractivity contribution in [1.82, 2.24) is 0 Å². The minimum atomic E-state index is -0.196. The van der Waals surface area contributed by atoms with E-state index in [0.29, 0.717) is 11.6 Å². The number of nitrogens with two attached hydrogens (primary N) is 1. The van der Waals surface area contributed by atoms with Crippen LogP contribution in [0.2, 0.25) is 5.02 Å². The van der Waals surface area contributed by atoms with Crippen molar-refractivity contribution in [2.24, 2.45) is 5.73 Å². The van der Waals surface area contributed by atoms with Crippen molar-refractivity contribution in [2.75, 3.05) is 6.54 Å². The molecule has 0 amide bonds. The van der Waals surface area contributed by atoms with E-state index in [-0.39, 0.29) is 6.10 Å². The molecule has 0 aliphatic heterocycles. The van der Waals surface area contributed by atoms with Gasteiger partial charge in [0.2, 0.25) is 0 Å². The van der Waals surface area contributed by atoms with E-state index in [0.717, 1.165) is 15.8 Å². The van der Waals surface area contributed by atoms with Gasteiger partial charge in [-0.1, -0.05) is 45.7 Å². The highest BCUT2D eigenvalue weighted by atomic mass is 79.9. The lowest BCUT2D eigenvalue weighted by Gasteiger charge is -2.18. The first-order chi connectivity index (χ1) is 8.69. The van der Waals surface area contributed by atoms with Gasteiger partial charge in [-0.15, -0.1) is 0 Å². The molecule has 0 bridgehead atoms. The maximum absolute atomic E-state index is 5.97. The molecule has 2 aromatic carbocycles. The van der Waals surface area contributed by atoms with Crippen molar-refractivity contribution in [2.45, 2.75) is 6.10 Å². The van der Waals surface area contributed by atoms with Gasteiger partial charge in [-0.05, 0) is 35.9 Å².